The van der Waals surface area contributed by atoms with Crippen molar-refractivity contribution in [2.75, 3.05) is 27.3 Å². The van der Waals surface area contributed by atoms with E-state index < -0.39 is 6.10 Å². The zero-order valence-electron chi connectivity index (χ0n) is 15.9. The first-order chi connectivity index (χ1) is 13.5. The lowest BCUT2D eigenvalue weighted by Gasteiger charge is -2.19. The van der Waals surface area contributed by atoms with E-state index in [-0.39, 0.29) is 12.4 Å². The van der Waals surface area contributed by atoms with E-state index in [0.717, 1.165) is 22.6 Å². The van der Waals surface area contributed by atoms with Gasteiger partial charge in [0.15, 0.2) is 0 Å². The topological polar surface area (TPSA) is 70.8 Å². The standard InChI is InChI=1S/C21H24FN3O3/c1-24(13-17(27)14-26)11-16-12-25(20-6-4-3-5-19(20)22)23-21(16)15-7-9-18(28-2)10-8-15/h3-10,12,17,26-27H,11,13-14H2,1-2H3/t17-/m0/s1. The molecule has 0 fully saturated rings. The smallest absolute Gasteiger partial charge is 0.148 e. The van der Waals surface area contributed by atoms with E-state index in [1.54, 1.807) is 31.5 Å². The highest BCUT2D eigenvalue weighted by molar-refractivity contribution is 5.64. The van der Waals surface area contributed by atoms with Gasteiger partial charge in [-0.2, -0.15) is 5.10 Å². The van der Waals surface area contributed by atoms with Crippen LogP contribution in [0, 0.1) is 5.82 Å². The van der Waals surface area contributed by atoms with Gasteiger partial charge in [0.25, 0.3) is 0 Å². The van der Waals surface area contributed by atoms with E-state index in [4.69, 9.17) is 9.84 Å². The summed E-state index contributed by atoms with van der Waals surface area (Å²) < 4.78 is 21.0. The Kier molecular flexibility index (Phi) is 6.41. The van der Waals surface area contributed by atoms with Crippen molar-refractivity contribution in [1.29, 1.82) is 0 Å². The summed E-state index contributed by atoms with van der Waals surface area (Å²) in [7, 11) is 3.45. The van der Waals surface area contributed by atoms with Crippen LogP contribution in [0.2, 0.25) is 0 Å². The second-order valence-corrected chi connectivity index (χ2v) is 6.66. The fourth-order valence-electron chi connectivity index (χ4n) is 3.05. The number of hydrogen-bond acceptors (Lipinski definition) is 5. The maximum absolute atomic E-state index is 14.2. The number of likely N-dealkylation sites (N-methyl/N-ethyl adjacent to an activating group) is 1. The normalized spacial score (nSPS) is 12.4. The zero-order chi connectivity index (χ0) is 20.1. The van der Waals surface area contributed by atoms with Gasteiger partial charge in [0.05, 0.1) is 25.5 Å². The molecule has 0 aliphatic heterocycles. The molecule has 7 heteroatoms. The molecular weight excluding hydrogens is 361 g/mol. The van der Waals surface area contributed by atoms with Crippen LogP contribution in [0.1, 0.15) is 5.56 Å². The van der Waals surface area contributed by atoms with Gasteiger partial charge in [0, 0.05) is 30.4 Å². The summed E-state index contributed by atoms with van der Waals surface area (Å²) in [6.07, 6.45) is 0.968. The highest BCUT2D eigenvalue weighted by atomic mass is 19.1. The molecule has 28 heavy (non-hydrogen) atoms. The Balaban J connectivity index is 1.98. The number of aromatic nitrogens is 2. The van der Waals surface area contributed by atoms with Crippen LogP contribution in [0.15, 0.2) is 54.7 Å². The summed E-state index contributed by atoms with van der Waals surface area (Å²) in [5.41, 5.74) is 2.83. The van der Waals surface area contributed by atoms with Crippen molar-refractivity contribution in [3.8, 4) is 22.7 Å². The second-order valence-electron chi connectivity index (χ2n) is 6.66. The summed E-state index contributed by atoms with van der Waals surface area (Å²) in [5, 5.41) is 23.4. The van der Waals surface area contributed by atoms with Gasteiger partial charge in [0.2, 0.25) is 0 Å². The van der Waals surface area contributed by atoms with Crippen molar-refractivity contribution in [1.82, 2.24) is 14.7 Å². The number of hydrogen-bond donors (Lipinski definition) is 2. The molecule has 2 N–H and O–H groups in total. The van der Waals surface area contributed by atoms with Gasteiger partial charge < -0.3 is 14.9 Å². The molecule has 3 aromatic rings. The third-order valence-corrected chi connectivity index (χ3v) is 4.43. The maximum Gasteiger partial charge on any atom is 0.148 e. The largest absolute Gasteiger partial charge is 0.497 e. The molecule has 0 aliphatic rings. The predicted octanol–water partition coefficient (Wildman–Crippen LogP) is 2.47. The van der Waals surface area contributed by atoms with Gasteiger partial charge in [0.1, 0.15) is 17.3 Å². The molecule has 1 heterocycles. The highest BCUT2D eigenvalue weighted by Crippen LogP contribution is 2.27. The third kappa shape index (κ3) is 4.56. The first-order valence-electron chi connectivity index (χ1n) is 8.97. The molecule has 0 radical (unpaired) electrons. The quantitative estimate of drug-likeness (QED) is 0.623. The molecule has 148 valence electrons. The first-order valence-corrected chi connectivity index (χ1v) is 8.97. The highest BCUT2D eigenvalue weighted by Gasteiger charge is 2.17. The Labute approximate surface area is 163 Å². The van der Waals surface area contributed by atoms with Crippen molar-refractivity contribution in [2.24, 2.45) is 0 Å². The number of aliphatic hydroxyl groups is 2. The van der Waals surface area contributed by atoms with E-state index in [2.05, 4.69) is 5.10 Å². The molecule has 0 unspecified atom stereocenters. The summed E-state index contributed by atoms with van der Waals surface area (Å²) in [4.78, 5) is 1.89. The van der Waals surface area contributed by atoms with Crippen molar-refractivity contribution >= 4 is 0 Å². The number of nitrogens with zero attached hydrogens (tertiary/aromatic N) is 3. The van der Waals surface area contributed by atoms with Gasteiger partial charge in [-0.3, -0.25) is 4.90 Å². The lowest BCUT2D eigenvalue weighted by atomic mass is 10.1. The van der Waals surface area contributed by atoms with Crippen LogP contribution in [0.5, 0.6) is 5.75 Å². The van der Waals surface area contributed by atoms with Crippen molar-refractivity contribution < 1.29 is 19.3 Å². The number of methoxy groups -OCH3 is 1. The zero-order valence-corrected chi connectivity index (χ0v) is 15.9. The van der Waals surface area contributed by atoms with Gasteiger partial charge >= 0.3 is 0 Å². The Bertz CT molecular complexity index is 912. The molecule has 0 saturated carbocycles. The Morgan fingerprint density at radius 2 is 1.89 bits per heavy atom. The van der Waals surface area contributed by atoms with Crippen LogP contribution in [0.3, 0.4) is 0 Å². The number of halogens is 1. The Hall–Kier alpha value is -2.74. The Morgan fingerprint density at radius 1 is 1.18 bits per heavy atom. The van der Waals surface area contributed by atoms with Crippen LogP contribution < -0.4 is 4.74 Å². The van der Waals surface area contributed by atoms with E-state index in [1.165, 1.54) is 10.7 Å². The van der Waals surface area contributed by atoms with Crippen LogP contribution in [0.25, 0.3) is 16.9 Å². The van der Waals surface area contributed by atoms with E-state index in [9.17, 15) is 9.50 Å². The molecule has 0 aliphatic carbocycles. The minimum atomic E-state index is -0.823. The SMILES string of the molecule is COc1ccc(-c2nn(-c3ccccc3F)cc2CN(C)C[C@H](O)CO)cc1. The van der Waals surface area contributed by atoms with Crippen LogP contribution in [-0.4, -0.2) is 58.3 Å². The maximum atomic E-state index is 14.2. The van der Waals surface area contributed by atoms with Crippen molar-refractivity contribution in [3.63, 3.8) is 0 Å². The van der Waals surface area contributed by atoms with Crippen molar-refractivity contribution in [3.05, 3.63) is 66.1 Å². The fraction of sp³-hybridized carbons (Fsp3) is 0.286. The van der Waals surface area contributed by atoms with Crippen LogP contribution in [-0.2, 0) is 6.54 Å². The number of para-hydroxylation sites is 1. The molecule has 0 bridgehead atoms. The van der Waals surface area contributed by atoms with E-state index >= 15 is 0 Å². The lowest BCUT2D eigenvalue weighted by Crippen LogP contribution is -2.31. The van der Waals surface area contributed by atoms with Crippen LogP contribution in [0.4, 0.5) is 4.39 Å². The number of ether oxygens (including phenoxy) is 1. The molecule has 1 atom stereocenters. The molecule has 0 amide bonds. The van der Waals surface area contributed by atoms with E-state index in [1.807, 2.05) is 36.2 Å². The second kappa shape index (κ2) is 8.97. The molecule has 6 nitrogen and oxygen atoms in total. The summed E-state index contributed by atoms with van der Waals surface area (Å²) in [5.74, 6) is 0.379. The summed E-state index contributed by atoms with van der Waals surface area (Å²) >= 11 is 0. The fourth-order valence-corrected chi connectivity index (χ4v) is 3.05. The van der Waals surface area contributed by atoms with Gasteiger partial charge in [-0.25, -0.2) is 9.07 Å². The monoisotopic (exact) mass is 385 g/mol. The van der Waals surface area contributed by atoms with Crippen molar-refractivity contribution in [2.45, 2.75) is 12.6 Å². The molecule has 2 aromatic carbocycles. The lowest BCUT2D eigenvalue weighted by molar-refractivity contribution is 0.0648. The number of aliphatic hydroxyl groups excluding tert-OH is 2. The van der Waals surface area contributed by atoms with Gasteiger partial charge in [-0.1, -0.05) is 12.1 Å². The number of benzene rings is 2. The number of rotatable bonds is 8. The van der Waals surface area contributed by atoms with E-state index in [0.29, 0.717) is 18.8 Å². The molecule has 1 aromatic heterocycles. The van der Waals surface area contributed by atoms with Gasteiger partial charge in [-0.05, 0) is 43.4 Å². The average molecular weight is 385 g/mol. The molecule has 3 rings (SSSR count). The molecular formula is C21H24FN3O3. The third-order valence-electron chi connectivity index (χ3n) is 4.43. The predicted molar refractivity (Wildman–Crippen MR) is 105 cm³/mol. The Morgan fingerprint density at radius 3 is 2.54 bits per heavy atom. The van der Waals surface area contributed by atoms with Crippen LogP contribution >= 0.6 is 0 Å². The summed E-state index contributed by atoms with van der Waals surface area (Å²) in [6, 6.07) is 14.0. The summed E-state index contributed by atoms with van der Waals surface area (Å²) in [6.45, 7) is 0.487. The minimum absolute atomic E-state index is 0.301. The molecule has 0 spiro atoms. The minimum Gasteiger partial charge on any atom is -0.497 e. The first kappa shape index (κ1) is 20.0. The average Bonchev–Trinajstić information content (AvgIpc) is 3.11. The van der Waals surface area contributed by atoms with Gasteiger partial charge in [-0.15, -0.1) is 0 Å². The molecule has 0 saturated heterocycles.